The van der Waals surface area contributed by atoms with Crippen molar-refractivity contribution in [1.82, 2.24) is 5.32 Å². The van der Waals surface area contributed by atoms with Crippen LogP contribution in [0.2, 0.25) is 0 Å². The van der Waals surface area contributed by atoms with Crippen LogP contribution in [0.5, 0.6) is 5.75 Å². The van der Waals surface area contributed by atoms with Crippen LogP contribution < -0.4 is 5.32 Å². The molecule has 1 aliphatic carbocycles. The number of hydrogen-bond donors (Lipinski definition) is 2. The van der Waals surface area contributed by atoms with E-state index in [1.54, 1.807) is 0 Å². The first kappa shape index (κ1) is 9.22. The van der Waals surface area contributed by atoms with Crippen LogP contribution in [0.15, 0.2) is 18.2 Å². The summed E-state index contributed by atoms with van der Waals surface area (Å²) in [5, 5.41) is 13.1. The molecule has 2 aliphatic rings. The number of fused-ring (bicyclic) bond motifs is 3. The zero-order valence-corrected chi connectivity index (χ0v) is 8.87. The molecule has 3 rings (SSSR count). The Balaban J connectivity index is 2.01. The van der Waals surface area contributed by atoms with Crippen LogP contribution in [-0.2, 0) is 6.42 Å². The second kappa shape index (κ2) is 3.53. The van der Waals surface area contributed by atoms with Gasteiger partial charge in [0, 0.05) is 6.04 Å². The normalized spacial score (nSPS) is 29.3. The first-order chi connectivity index (χ1) is 7.34. The van der Waals surface area contributed by atoms with Gasteiger partial charge in [-0.15, -0.1) is 0 Å². The summed E-state index contributed by atoms with van der Waals surface area (Å²) in [6.07, 6.45) is 5.12. The largest absolute Gasteiger partial charge is 0.508 e. The van der Waals surface area contributed by atoms with Crippen molar-refractivity contribution in [2.24, 2.45) is 5.92 Å². The fourth-order valence-electron chi connectivity index (χ4n) is 3.07. The summed E-state index contributed by atoms with van der Waals surface area (Å²) in [6.45, 7) is 1.12. The zero-order valence-electron chi connectivity index (χ0n) is 8.87. The van der Waals surface area contributed by atoms with Crippen LogP contribution in [0.25, 0.3) is 0 Å². The van der Waals surface area contributed by atoms with Crippen LogP contribution in [0.4, 0.5) is 0 Å². The molecule has 1 aromatic carbocycles. The van der Waals surface area contributed by atoms with Gasteiger partial charge >= 0.3 is 0 Å². The highest BCUT2D eigenvalue weighted by Crippen LogP contribution is 2.39. The van der Waals surface area contributed by atoms with Gasteiger partial charge in [-0.3, -0.25) is 0 Å². The molecule has 2 heteroatoms. The SMILES string of the molecule is Oc1ccc2c(c1)[C@H]1NCCC[C@@H]1CC2. The first-order valence-electron chi connectivity index (χ1n) is 5.90. The molecule has 0 radical (unpaired) electrons. The maximum Gasteiger partial charge on any atom is 0.115 e. The summed E-state index contributed by atoms with van der Waals surface area (Å²) >= 11 is 0. The predicted molar refractivity (Wildman–Crippen MR) is 59.9 cm³/mol. The van der Waals surface area contributed by atoms with Gasteiger partial charge in [0.1, 0.15) is 5.75 Å². The van der Waals surface area contributed by atoms with Crippen molar-refractivity contribution in [2.45, 2.75) is 31.7 Å². The summed E-state index contributed by atoms with van der Waals surface area (Å²) in [5.41, 5.74) is 2.76. The van der Waals surface area contributed by atoms with Crippen molar-refractivity contribution < 1.29 is 5.11 Å². The van der Waals surface area contributed by atoms with Gasteiger partial charge in [0.05, 0.1) is 0 Å². The van der Waals surface area contributed by atoms with Crippen molar-refractivity contribution in [2.75, 3.05) is 6.54 Å². The number of rotatable bonds is 0. The van der Waals surface area contributed by atoms with Crippen molar-refractivity contribution in [3.8, 4) is 5.75 Å². The van der Waals surface area contributed by atoms with E-state index >= 15 is 0 Å². The Bertz CT molecular complexity index is 375. The molecule has 0 bridgehead atoms. The van der Waals surface area contributed by atoms with Gasteiger partial charge in [-0.1, -0.05) is 6.07 Å². The molecule has 0 aromatic heterocycles. The molecular weight excluding hydrogens is 186 g/mol. The maximum absolute atomic E-state index is 9.55. The van der Waals surface area contributed by atoms with E-state index in [1.165, 1.54) is 36.8 Å². The Morgan fingerprint density at radius 2 is 2.20 bits per heavy atom. The highest BCUT2D eigenvalue weighted by Gasteiger charge is 2.31. The van der Waals surface area contributed by atoms with Crippen molar-refractivity contribution in [3.63, 3.8) is 0 Å². The van der Waals surface area contributed by atoms with Crippen molar-refractivity contribution in [3.05, 3.63) is 29.3 Å². The lowest BCUT2D eigenvalue weighted by Gasteiger charge is -2.38. The minimum atomic E-state index is 0.404. The quantitative estimate of drug-likeness (QED) is 0.678. The second-order valence-electron chi connectivity index (χ2n) is 4.76. The third kappa shape index (κ3) is 1.53. The molecule has 80 valence electrons. The van der Waals surface area contributed by atoms with E-state index in [1.807, 2.05) is 12.1 Å². The van der Waals surface area contributed by atoms with Gasteiger partial charge in [0.25, 0.3) is 0 Å². The van der Waals surface area contributed by atoms with Crippen LogP contribution >= 0.6 is 0 Å². The van der Waals surface area contributed by atoms with Crippen LogP contribution in [0, 0.1) is 5.92 Å². The second-order valence-corrected chi connectivity index (χ2v) is 4.76. The molecule has 15 heavy (non-hydrogen) atoms. The van der Waals surface area contributed by atoms with E-state index in [4.69, 9.17) is 0 Å². The molecule has 0 amide bonds. The molecule has 0 unspecified atom stereocenters. The Morgan fingerprint density at radius 1 is 1.27 bits per heavy atom. The Kier molecular flexibility index (Phi) is 2.17. The Morgan fingerprint density at radius 3 is 3.13 bits per heavy atom. The van der Waals surface area contributed by atoms with E-state index in [2.05, 4.69) is 11.4 Å². The molecule has 2 atom stereocenters. The first-order valence-corrected chi connectivity index (χ1v) is 5.90. The minimum Gasteiger partial charge on any atom is -0.508 e. The van der Waals surface area contributed by atoms with E-state index < -0.39 is 0 Å². The number of phenols is 1. The summed E-state index contributed by atoms with van der Waals surface area (Å²) < 4.78 is 0. The van der Waals surface area contributed by atoms with E-state index in [0.717, 1.165) is 12.5 Å². The van der Waals surface area contributed by atoms with Gasteiger partial charge in [0.15, 0.2) is 0 Å². The van der Waals surface area contributed by atoms with Crippen LogP contribution in [-0.4, -0.2) is 11.7 Å². The number of piperidine rings is 1. The van der Waals surface area contributed by atoms with E-state index in [0.29, 0.717) is 11.8 Å². The molecule has 1 saturated heterocycles. The number of aromatic hydroxyl groups is 1. The maximum atomic E-state index is 9.55. The van der Waals surface area contributed by atoms with Crippen molar-refractivity contribution in [1.29, 1.82) is 0 Å². The van der Waals surface area contributed by atoms with Crippen LogP contribution in [0.3, 0.4) is 0 Å². The summed E-state index contributed by atoms with van der Waals surface area (Å²) in [5.74, 6) is 1.19. The fourth-order valence-corrected chi connectivity index (χ4v) is 3.07. The number of phenolic OH excluding ortho intramolecular Hbond substituents is 1. The van der Waals surface area contributed by atoms with Gasteiger partial charge in [-0.05, 0) is 61.4 Å². The molecule has 1 aromatic rings. The molecule has 0 spiro atoms. The third-order valence-corrected chi connectivity index (χ3v) is 3.84. The molecular formula is C13H17NO. The highest BCUT2D eigenvalue weighted by molar-refractivity contribution is 5.39. The highest BCUT2D eigenvalue weighted by atomic mass is 16.3. The average Bonchev–Trinajstić information content (AvgIpc) is 2.29. The lowest BCUT2D eigenvalue weighted by atomic mass is 9.76. The van der Waals surface area contributed by atoms with Gasteiger partial charge in [-0.25, -0.2) is 0 Å². The third-order valence-electron chi connectivity index (χ3n) is 3.84. The average molecular weight is 203 g/mol. The lowest BCUT2D eigenvalue weighted by molar-refractivity contribution is 0.254. The fraction of sp³-hybridized carbons (Fsp3) is 0.538. The molecule has 2 N–H and O–H groups in total. The lowest BCUT2D eigenvalue weighted by Crippen LogP contribution is -2.37. The topological polar surface area (TPSA) is 32.3 Å². The Hall–Kier alpha value is -1.02. The molecule has 1 heterocycles. The Labute approximate surface area is 90.3 Å². The molecule has 1 fully saturated rings. The number of benzene rings is 1. The van der Waals surface area contributed by atoms with Crippen molar-refractivity contribution >= 4 is 0 Å². The number of aryl methyl sites for hydroxylation is 1. The minimum absolute atomic E-state index is 0.404. The standard InChI is InChI=1S/C13H17NO/c15-11-6-5-9-3-4-10-2-1-7-14-13(10)12(9)8-11/h5-6,8,10,13-15H,1-4,7H2/t10-,13+/m1/s1. The smallest absolute Gasteiger partial charge is 0.115 e. The zero-order chi connectivity index (χ0) is 10.3. The van der Waals surface area contributed by atoms with E-state index in [9.17, 15) is 5.11 Å². The number of hydrogen-bond acceptors (Lipinski definition) is 2. The van der Waals surface area contributed by atoms with Crippen LogP contribution in [0.1, 0.15) is 36.4 Å². The summed E-state index contributed by atoms with van der Waals surface area (Å²) in [4.78, 5) is 0. The van der Waals surface area contributed by atoms with Gasteiger partial charge < -0.3 is 10.4 Å². The monoisotopic (exact) mass is 203 g/mol. The van der Waals surface area contributed by atoms with Gasteiger partial charge in [-0.2, -0.15) is 0 Å². The van der Waals surface area contributed by atoms with Gasteiger partial charge in [0.2, 0.25) is 0 Å². The molecule has 0 saturated carbocycles. The number of nitrogens with one attached hydrogen (secondary N) is 1. The van der Waals surface area contributed by atoms with E-state index in [-0.39, 0.29) is 0 Å². The summed E-state index contributed by atoms with van der Waals surface area (Å²) in [7, 11) is 0. The predicted octanol–water partition coefficient (Wildman–Crippen LogP) is 2.38. The molecule has 1 aliphatic heterocycles. The summed E-state index contributed by atoms with van der Waals surface area (Å²) in [6, 6.07) is 6.33. The molecule has 2 nitrogen and oxygen atoms in total.